The average Bonchev–Trinajstić information content (AvgIpc) is 2.45. The first-order chi connectivity index (χ1) is 8.90. The van der Waals surface area contributed by atoms with Crippen molar-refractivity contribution in [3.05, 3.63) is 60.2 Å². The van der Waals surface area contributed by atoms with E-state index in [0.29, 0.717) is 0 Å². The zero-order valence-electron chi connectivity index (χ0n) is 11.2. The molecule has 0 saturated heterocycles. The third-order valence-corrected chi connectivity index (χ3v) is 3.32. The predicted octanol–water partition coefficient (Wildman–Crippen LogP) is 5.28. The van der Waals surface area contributed by atoms with Crippen molar-refractivity contribution in [1.82, 2.24) is 0 Å². The van der Waals surface area contributed by atoms with Crippen LogP contribution in [0.15, 0.2) is 48.5 Å². The largest absolute Gasteiger partial charge is 0.0654 e. The lowest BCUT2D eigenvalue weighted by molar-refractivity contribution is 0.667. The van der Waals surface area contributed by atoms with Crippen molar-refractivity contribution >= 4 is 0 Å². The Balaban J connectivity index is 1.94. The second kappa shape index (κ2) is 7.00. The molecule has 0 bridgehead atoms. The molecule has 0 atom stereocenters. The number of rotatable bonds is 6. The Bertz CT molecular complexity index is 439. The molecule has 0 aromatic heterocycles. The van der Waals surface area contributed by atoms with Gasteiger partial charge in [-0.3, -0.25) is 0 Å². The Kier molecular flexibility index (Phi) is 5.01. The molecule has 0 heteroatoms. The minimum absolute atomic E-state index is 1.21. The van der Waals surface area contributed by atoms with Crippen LogP contribution in [0.25, 0.3) is 11.1 Å². The molecule has 0 aliphatic carbocycles. The molecule has 2 rings (SSSR count). The Labute approximate surface area is 111 Å². The van der Waals surface area contributed by atoms with Gasteiger partial charge in [-0.05, 0) is 35.6 Å². The molecule has 0 amide bonds. The van der Waals surface area contributed by atoms with E-state index in [9.17, 15) is 0 Å². The highest BCUT2D eigenvalue weighted by Gasteiger charge is 1.97. The Morgan fingerprint density at radius 3 is 2.11 bits per heavy atom. The van der Waals surface area contributed by atoms with Crippen molar-refractivity contribution in [2.45, 2.75) is 39.0 Å². The third-order valence-electron chi connectivity index (χ3n) is 3.32. The summed E-state index contributed by atoms with van der Waals surface area (Å²) in [6.45, 7) is 2.26. The fourth-order valence-electron chi connectivity index (χ4n) is 2.20. The van der Waals surface area contributed by atoms with Crippen LogP contribution in [0.4, 0.5) is 0 Å². The fourth-order valence-corrected chi connectivity index (χ4v) is 2.20. The van der Waals surface area contributed by atoms with Crippen molar-refractivity contribution in [1.29, 1.82) is 0 Å². The van der Waals surface area contributed by atoms with Crippen LogP contribution in [-0.2, 0) is 6.42 Å². The second-order valence-corrected chi connectivity index (χ2v) is 4.80. The van der Waals surface area contributed by atoms with Gasteiger partial charge in [0.25, 0.3) is 0 Å². The molecule has 0 saturated carbocycles. The third kappa shape index (κ3) is 3.73. The molecule has 0 heterocycles. The van der Waals surface area contributed by atoms with Gasteiger partial charge in [-0.15, -0.1) is 0 Å². The zero-order chi connectivity index (χ0) is 12.6. The summed E-state index contributed by atoms with van der Waals surface area (Å²) < 4.78 is 0. The summed E-state index contributed by atoms with van der Waals surface area (Å²) in [6, 6.07) is 20.2. The molecule has 0 N–H and O–H groups in total. The highest BCUT2D eigenvalue weighted by atomic mass is 14.0. The minimum Gasteiger partial charge on any atom is -0.0654 e. The van der Waals surface area contributed by atoms with Gasteiger partial charge in [0, 0.05) is 0 Å². The van der Waals surface area contributed by atoms with Crippen LogP contribution in [0.1, 0.15) is 38.2 Å². The first-order valence-electron chi connectivity index (χ1n) is 6.95. The number of benzene rings is 2. The molecule has 2 aromatic rings. The summed E-state index contributed by atoms with van der Waals surface area (Å²) in [5.41, 5.74) is 4.02. The van der Waals surface area contributed by atoms with E-state index in [0.717, 1.165) is 0 Å². The van der Waals surface area contributed by atoms with Crippen molar-refractivity contribution in [3.8, 4) is 11.1 Å². The number of unbranched alkanes of at least 4 members (excludes halogenated alkanes) is 3. The van der Waals surface area contributed by atoms with Crippen LogP contribution in [0, 0.1) is 6.07 Å². The summed E-state index contributed by atoms with van der Waals surface area (Å²) in [4.78, 5) is 0. The normalized spacial score (nSPS) is 10.5. The molecule has 0 spiro atoms. The van der Waals surface area contributed by atoms with E-state index in [-0.39, 0.29) is 0 Å². The van der Waals surface area contributed by atoms with Crippen molar-refractivity contribution in [2.24, 2.45) is 0 Å². The first-order valence-corrected chi connectivity index (χ1v) is 6.95. The molecule has 0 unspecified atom stereocenters. The topological polar surface area (TPSA) is 0 Å². The van der Waals surface area contributed by atoms with Crippen LogP contribution in [0.2, 0.25) is 0 Å². The van der Waals surface area contributed by atoms with Gasteiger partial charge in [-0.25, -0.2) is 0 Å². The van der Waals surface area contributed by atoms with Crippen molar-refractivity contribution in [3.63, 3.8) is 0 Å². The maximum Gasteiger partial charge on any atom is -0.0184 e. The molecular weight excluding hydrogens is 216 g/mol. The Hall–Kier alpha value is -1.56. The van der Waals surface area contributed by atoms with Gasteiger partial charge in [-0.2, -0.15) is 0 Å². The van der Waals surface area contributed by atoms with E-state index in [1.54, 1.807) is 0 Å². The SMILES string of the molecule is CCCCCCc1ccc(-c2cc[c]cc2)cc1. The fraction of sp³-hybridized carbons (Fsp3) is 0.333. The maximum atomic E-state index is 3.05. The quantitative estimate of drug-likeness (QED) is 0.600. The van der Waals surface area contributed by atoms with Crippen LogP contribution in [0.5, 0.6) is 0 Å². The van der Waals surface area contributed by atoms with Gasteiger partial charge in [0.2, 0.25) is 0 Å². The van der Waals surface area contributed by atoms with Crippen molar-refractivity contribution < 1.29 is 0 Å². The predicted molar refractivity (Wildman–Crippen MR) is 78.6 cm³/mol. The van der Waals surface area contributed by atoms with E-state index < -0.39 is 0 Å². The summed E-state index contributed by atoms with van der Waals surface area (Å²) in [5.74, 6) is 0. The van der Waals surface area contributed by atoms with Gasteiger partial charge in [0.1, 0.15) is 0 Å². The van der Waals surface area contributed by atoms with Gasteiger partial charge < -0.3 is 0 Å². The van der Waals surface area contributed by atoms with E-state index in [2.05, 4.69) is 49.4 Å². The molecule has 2 aromatic carbocycles. The van der Waals surface area contributed by atoms with E-state index >= 15 is 0 Å². The zero-order valence-corrected chi connectivity index (χ0v) is 11.2. The highest BCUT2D eigenvalue weighted by molar-refractivity contribution is 5.63. The number of hydrogen-bond acceptors (Lipinski definition) is 0. The summed E-state index contributed by atoms with van der Waals surface area (Å²) >= 11 is 0. The lowest BCUT2D eigenvalue weighted by atomic mass is 10.0. The van der Waals surface area contributed by atoms with Crippen LogP contribution >= 0.6 is 0 Å². The molecule has 0 aliphatic rings. The van der Waals surface area contributed by atoms with Crippen LogP contribution in [0.3, 0.4) is 0 Å². The molecule has 1 radical (unpaired) electrons. The highest BCUT2D eigenvalue weighted by Crippen LogP contribution is 2.19. The number of hydrogen-bond donors (Lipinski definition) is 0. The molecule has 0 fully saturated rings. The summed E-state index contributed by atoms with van der Waals surface area (Å²) in [7, 11) is 0. The number of aryl methyl sites for hydroxylation is 1. The van der Waals surface area contributed by atoms with E-state index in [1.165, 1.54) is 48.8 Å². The first kappa shape index (κ1) is 12.9. The summed E-state index contributed by atoms with van der Waals surface area (Å²) in [6.07, 6.45) is 6.55. The van der Waals surface area contributed by atoms with E-state index in [4.69, 9.17) is 0 Å². The molecular formula is C18H21. The van der Waals surface area contributed by atoms with Gasteiger partial charge in [0.05, 0.1) is 0 Å². The minimum atomic E-state index is 1.21. The lowest BCUT2D eigenvalue weighted by Crippen LogP contribution is -1.86. The smallest absolute Gasteiger partial charge is 0.0184 e. The standard InChI is InChI=1S/C18H21/c1-2-3-4-6-9-16-12-14-18(15-13-16)17-10-7-5-8-11-17/h7-8,10-15H,2-4,6,9H2,1H3. The van der Waals surface area contributed by atoms with Gasteiger partial charge in [-0.1, -0.05) is 74.7 Å². The Morgan fingerprint density at radius 2 is 1.44 bits per heavy atom. The molecule has 18 heavy (non-hydrogen) atoms. The molecule has 93 valence electrons. The average molecular weight is 237 g/mol. The van der Waals surface area contributed by atoms with E-state index in [1.807, 2.05) is 12.1 Å². The van der Waals surface area contributed by atoms with Gasteiger partial charge in [0.15, 0.2) is 0 Å². The maximum absolute atomic E-state index is 3.05. The summed E-state index contributed by atoms with van der Waals surface area (Å²) in [5, 5.41) is 0. The molecule has 0 aliphatic heterocycles. The van der Waals surface area contributed by atoms with Crippen LogP contribution in [-0.4, -0.2) is 0 Å². The van der Waals surface area contributed by atoms with Gasteiger partial charge >= 0.3 is 0 Å². The molecule has 0 nitrogen and oxygen atoms in total. The Morgan fingerprint density at radius 1 is 0.778 bits per heavy atom. The lowest BCUT2D eigenvalue weighted by Gasteiger charge is -2.04. The van der Waals surface area contributed by atoms with Crippen molar-refractivity contribution in [2.75, 3.05) is 0 Å². The van der Waals surface area contributed by atoms with Crippen LogP contribution < -0.4 is 0 Å². The second-order valence-electron chi connectivity index (χ2n) is 4.80. The monoisotopic (exact) mass is 237 g/mol.